The molecule has 1 aliphatic heterocycles. The van der Waals surface area contributed by atoms with E-state index in [2.05, 4.69) is 40.5 Å². The van der Waals surface area contributed by atoms with Crippen LogP contribution in [0, 0.1) is 0 Å². The number of hydrogen-bond acceptors (Lipinski definition) is 4. The van der Waals surface area contributed by atoms with Crippen LogP contribution in [0.15, 0.2) is 66.7 Å². The molecule has 1 aliphatic rings. The monoisotopic (exact) mass is 390 g/mol. The molecule has 0 aliphatic carbocycles. The first-order chi connectivity index (χ1) is 14.2. The zero-order valence-electron chi connectivity index (χ0n) is 16.6. The summed E-state index contributed by atoms with van der Waals surface area (Å²) in [5, 5.41) is 5.20. The molecule has 5 heteroatoms. The predicted octanol–water partition coefficient (Wildman–Crippen LogP) is 3.76. The molecule has 0 unspecified atom stereocenters. The Hall–Kier alpha value is -3.05. The molecular weight excluding hydrogens is 364 g/mol. The van der Waals surface area contributed by atoms with Crippen molar-refractivity contribution in [2.75, 3.05) is 31.2 Å². The van der Waals surface area contributed by atoms with Gasteiger partial charge in [0.25, 0.3) is 5.91 Å². The van der Waals surface area contributed by atoms with Gasteiger partial charge in [-0.15, -0.1) is 0 Å². The van der Waals surface area contributed by atoms with E-state index in [4.69, 9.17) is 9.47 Å². The number of ether oxygens (including phenoxy) is 2. The molecule has 4 rings (SSSR count). The number of hydrogen-bond donors (Lipinski definition) is 1. The molecule has 1 amide bonds. The molecule has 1 atom stereocenters. The highest BCUT2D eigenvalue weighted by molar-refractivity contribution is 5.84. The Morgan fingerprint density at radius 2 is 1.76 bits per heavy atom. The number of carbonyl (C=O) groups excluding carboxylic acids is 1. The molecule has 0 radical (unpaired) electrons. The number of nitrogens with one attached hydrogen (secondary N) is 1. The summed E-state index contributed by atoms with van der Waals surface area (Å²) in [6.07, 6.45) is -0.566. The van der Waals surface area contributed by atoms with Crippen molar-refractivity contribution in [2.24, 2.45) is 0 Å². The van der Waals surface area contributed by atoms with Crippen molar-refractivity contribution >= 4 is 22.4 Å². The third-order valence-electron chi connectivity index (χ3n) is 5.18. The first kappa shape index (κ1) is 19.3. The Labute approximate surface area is 171 Å². The highest BCUT2D eigenvalue weighted by Gasteiger charge is 2.15. The van der Waals surface area contributed by atoms with Crippen LogP contribution in [0.2, 0.25) is 0 Å². The molecule has 3 aromatic carbocycles. The topological polar surface area (TPSA) is 50.8 Å². The summed E-state index contributed by atoms with van der Waals surface area (Å²) in [7, 11) is 0. The lowest BCUT2D eigenvalue weighted by Gasteiger charge is -2.28. The fourth-order valence-electron chi connectivity index (χ4n) is 3.48. The van der Waals surface area contributed by atoms with E-state index >= 15 is 0 Å². The summed E-state index contributed by atoms with van der Waals surface area (Å²) in [6.45, 7) is 5.62. The van der Waals surface area contributed by atoms with Gasteiger partial charge < -0.3 is 19.7 Å². The Morgan fingerprint density at radius 1 is 1.03 bits per heavy atom. The first-order valence-electron chi connectivity index (χ1n) is 10.0. The number of benzene rings is 3. The number of nitrogens with zero attached hydrogens (tertiary/aromatic N) is 1. The van der Waals surface area contributed by atoms with Crippen molar-refractivity contribution in [1.82, 2.24) is 5.32 Å². The van der Waals surface area contributed by atoms with E-state index in [1.807, 2.05) is 36.4 Å². The highest BCUT2D eigenvalue weighted by atomic mass is 16.5. The smallest absolute Gasteiger partial charge is 0.261 e. The van der Waals surface area contributed by atoms with E-state index in [-0.39, 0.29) is 5.91 Å². The zero-order valence-corrected chi connectivity index (χ0v) is 16.6. The SMILES string of the molecule is C[C@@H](Oc1ccc2ccccc2c1)C(=O)NCc1ccc(N2CCOCC2)cc1. The van der Waals surface area contributed by atoms with Gasteiger partial charge in [-0.05, 0) is 47.5 Å². The van der Waals surface area contributed by atoms with E-state index in [1.165, 1.54) is 5.69 Å². The van der Waals surface area contributed by atoms with Crippen molar-refractivity contribution < 1.29 is 14.3 Å². The quantitative estimate of drug-likeness (QED) is 0.696. The summed E-state index contributed by atoms with van der Waals surface area (Å²) < 4.78 is 11.2. The maximum Gasteiger partial charge on any atom is 0.261 e. The van der Waals surface area contributed by atoms with Gasteiger partial charge in [-0.1, -0.05) is 42.5 Å². The molecule has 29 heavy (non-hydrogen) atoms. The standard InChI is InChI=1S/C24H26N2O3/c1-18(29-23-11-8-20-4-2-3-5-21(20)16-23)24(27)25-17-19-6-9-22(10-7-19)26-12-14-28-15-13-26/h2-11,16,18H,12-15,17H2,1H3,(H,25,27)/t18-/m1/s1. The summed E-state index contributed by atoms with van der Waals surface area (Å²) in [5.41, 5.74) is 2.25. The first-order valence-corrected chi connectivity index (χ1v) is 10.0. The number of fused-ring (bicyclic) bond motifs is 1. The van der Waals surface area contributed by atoms with Gasteiger partial charge in [-0.3, -0.25) is 4.79 Å². The lowest BCUT2D eigenvalue weighted by atomic mass is 10.1. The van der Waals surface area contributed by atoms with Crippen LogP contribution in [-0.4, -0.2) is 38.3 Å². The molecule has 5 nitrogen and oxygen atoms in total. The Morgan fingerprint density at radius 3 is 2.52 bits per heavy atom. The number of morpholine rings is 1. The predicted molar refractivity (Wildman–Crippen MR) is 115 cm³/mol. The minimum absolute atomic E-state index is 0.129. The van der Waals surface area contributed by atoms with Gasteiger partial charge in [-0.2, -0.15) is 0 Å². The third kappa shape index (κ3) is 4.87. The molecule has 0 spiro atoms. The van der Waals surface area contributed by atoms with Gasteiger partial charge >= 0.3 is 0 Å². The fraction of sp³-hybridized carbons (Fsp3) is 0.292. The minimum atomic E-state index is -0.566. The summed E-state index contributed by atoms with van der Waals surface area (Å²) in [6, 6.07) is 22.3. The Balaban J connectivity index is 1.30. The normalized spacial score (nSPS) is 15.1. The number of amides is 1. The average Bonchev–Trinajstić information content (AvgIpc) is 2.78. The number of anilines is 1. The molecule has 1 heterocycles. The van der Waals surface area contributed by atoms with Crippen molar-refractivity contribution in [1.29, 1.82) is 0 Å². The molecule has 0 bridgehead atoms. The number of rotatable bonds is 6. The molecule has 0 aromatic heterocycles. The van der Waals surface area contributed by atoms with Crippen LogP contribution < -0.4 is 15.0 Å². The van der Waals surface area contributed by atoms with Crippen molar-refractivity contribution in [3.8, 4) is 5.75 Å². The minimum Gasteiger partial charge on any atom is -0.481 e. The summed E-state index contributed by atoms with van der Waals surface area (Å²) in [5.74, 6) is 0.566. The van der Waals surface area contributed by atoms with Crippen LogP contribution in [0.25, 0.3) is 10.8 Å². The van der Waals surface area contributed by atoms with E-state index < -0.39 is 6.10 Å². The van der Waals surface area contributed by atoms with Gasteiger partial charge in [0, 0.05) is 25.3 Å². The highest BCUT2D eigenvalue weighted by Crippen LogP contribution is 2.21. The number of carbonyl (C=O) groups is 1. The molecule has 1 saturated heterocycles. The van der Waals surface area contributed by atoms with Gasteiger partial charge in [0.2, 0.25) is 0 Å². The van der Waals surface area contributed by atoms with Gasteiger partial charge in [0.05, 0.1) is 13.2 Å². The second-order valence-electron chi connectivity index (χ2n) is 7.25. The Kier molecular flexibility index (Phi) is 5.96. The second kappa shape index (κ2) is 8.97. The van der Waals surface area contributed by atoms with Crippen LogP contribution >= 0.6 is 0 Å². The van der Waals surface area contributed by atoms with E-state index in [0.29, 0.717) is 12.3 Å². The van der Waals surface area contributed by atoms with Crippen LogP contribution in [0.1, 0.15) is 12.5 Å². The largest absolute Gasteiger partial charge is 0.481 e. The Bertz CT molecular complexity index is 965. The third-order valence-corrected chi connectivity index (χ3v) is 5.18. The lowest BCUT2D eigenvalue weighted by Crippen LogP contribution is -2.36. The van der Waals surface area contributed by atoms with Gasteiger partial charge in [0.15, 0.2) is 6.10 Å². The molecule has 3 aromatic rings. The maximum atomic E-state index is 12.4. The fourth-order valence-corrected chi connectivity index (χ4v) is 3.48. The van der Waals surface area contributed by atoms with E-state index in [9.17, 15) is 4.79 Å². The van der Waals surface area contributed by atoms with Crippen LogP contribution in [-0.2, 0) is 16.1 Å². The molecular formula is C24H26N2O3. The van der Waals surface area contributed by atoms with Crippen molar-refractivity contribution in [2.45, 2.75) is 19.6 Å². The lowest BCUT2D eigenvalue weighted by molar-refractivity contribution is -0.127. The molecule has 1 fully saturated rings. The van der Waals surface area contributed by atoms with Crippen LogP contribution in [0.4, 0.5) is 5.69 Å². The molecule has 150 valence electrons. The van der Waals surface area contributed by atoms with E-state index in [0.717, 1.165) is 42.6 Å². The molecule has 0 saturated carbocycles. The average molecular weight is 390 g/mol. The van der Waals surface area contributed by atoms with Crippen molar-refractivity contribution in [3.05, 3.63) is 72.3 Å². The second-order valence-corrected chi connectivity index (χ2v) is 7.25. The summed E-state index contributed by atoms with van der Waals surface area (Å²) in [4.78, 5) is 14.8. The molecule has 1 N–H and O–H groups in total. The van der Waals surface area contributed by atoms with E-state index in [1.54, 1.807) is 6.92 Å². The zero-order chi connectivity index (χ0) is 20.1. The van der Waals surface area contributed by atoms with Gasteiger partial charge in [-0.25, -0.2) is 0 Å². The maximum absolute atomic E-state index is 12.4. The summed E-state index contributed by atoms with van der Waals surface area (Å²) >= 11 is 0. The van der Waals surface area contributed by atoms with Gasteiger partial charge in [0.1, 0.15) is 5.75 Å². The van der Waals surface area contributed by atoms with Crippen LogP contribution in [0.5, 0.6) is 5.75 Å². The van der Waals surface area contributed by atoms with Crippen LogP contribution in [0.3, 0.4) is 0 Å². The van der Waals surface area contributed by atoms with Crippen molar-refractivity contribution in [3.63, 3.8) is 0 Å².